The summed E-state index contributed by atoms with van der Waals surface area (Å²) in [6.07, 6.45) is 3.88. The van der Waals surface area contributed by atoms with Crippen LogP contribution in [0.1, 0.15) is 78.6 Å². The molecule has 0 amide bonds. The third-order valence-corrected chi connectivity index (χ3v) is 4.94. The van der Waals surface area contributed by atoms with Gasteiger partial charge in [-0.15, -0.1) is 11.3 Å². The standard InChI is InChI=1S/C18H28N2OS/c1-16(2,3)13-10-21-15(20-13)18(6,7)9-8-17(4,5)14-11-22-12-19-14/h10-12H,8-9H2,1-7H3. The van der Waals surface area contributed by atoms with Crippen molar-refractivity contribution >= 4 is 11.3 Å². The summed E-state index contributed by atoms with van der Waals surface area (Å²) in [5.74, 6) is 0.839. The number of thiazole rings is 1. The fraction of sp³-hybridized carbons (Fsp3) is 0.667. The Labute approximate surface area is 138 Å². The van der Waals surface area contributed by atoms with Gasteiger partial charge in [0.05, 0.1) is 16.9 Å². The molecule has 0 saturated heterocycles. The second-order valence-electron chi connectivity index (χ2n) is 8.43. The summed E-state index contributed by atoms with van der Waals surface area (Å²) < 4.78 is 5.79. The van der Waals surface area contributed by atoms with E-state index >= 15 is 0 Å². The van der Waals surface area contributed by atoms with Crippen LogP contribution >= 0.6 is 11.3 Å². The fourth-order valence-electron chi connectivity index (χ4n) is 2.34. The highest BCUT2D eigenvalue weighted by Gasteiger charge is 2.32. The molecule has 0 bridgehead atoms. The van der Waals surface area contributed by atoms with Crippen LogP contribution in [0.25, 0.3) is 0 Å². The number of nitrogens with zero attached hydrogens (tertiary/aromatic N) is 2. The highest BCUT2D eigenvalue weighted by Crippen LogP contribution is 2.36. The summed E-state index contributed by atoms with van der Waals surface area (Å²) in [6.45, 7) is 15.4. The summed E-state index contributed by atoms with van der Waals surface area (Å²) >= 11 is 1.66. The molecule has 0 fully saturated rings. The van der Waals surface area contributed by atoms with Gasteiger partial charge >= 0.3 is 0 Å². The van der Waals surface area contributed by atoms with Crippen LogP contribution in [-0.2, 0) is 16.2 Å². The Kier molecular flexibility index (Phi) is 4.54. The second kappa shape index (κ2) is 5.80. The molecule has 2 rings (SSSR count). The zero-order valence-corrected chi connectivity index (χ0v) is 15.7. The average molecular weight is 321 g/mol. The van der Waals surface area contributed by atoms with E-state index in [1.165, 1.54) is 5.69 Å². The van der Waals surface area contributed by atoms with Crippen molar-refractivity contribution in [3.8, 4) is 0 Å². The molecule has 0 saturated carbocycles. The van der Waals surface area contributed by atoms with Crippen LogP contribution < -0.4 is 0 Å². The van der Waals surface area contributed by atoms with Gasteiger partial charge < -0.3 is 4.42 Å². The van der Waals surface area contributed by atoms with Gasteiger partial charge in [0.1, 0.15) is 6.26 Å². The lowest BCUT2D eigenvalue weighted by Gasteiger charge is -2.28. The first-order valence-corrected chi connectivity index (χ1v) is 8.82. The summed E-state index contributed by atoms with van der Waals surface area (Å²) in [7, 11) is 0. The van der Waals surface area contributed by atoms with Gasteiger partial charge in [0.2, 0.25) is 0 Å². The highest BCUT2D eigenvalue weighted by atomic mass is 32.1. The molecule has 0 aliphatic carbocycles. The lowest BCUT2D eigenvalue weighted by molar-refractivity contribution is 0.309. The summed E-state index contributed by atoms with van der Waals surface area (Å²) in [6, 6.07) is 0. The molecule has 0 radical (unpaired) electrons. The molecule has 0 aromatic carbocycles. The monoisotopic (exact) mass is 320 g/mol. The second-order valence-corrected chi connectivity index (χ2v) is 9.15. The van der Waals surface area contributed by atoms with Gasteiger partial charge in [0.25, 0.3) is 0 Å². The van der Waals surface area contributed by atoms with Crippen molar-refractivity contribution in [2.75, 3.05) is 0 Å². The predicted octanol–water partition coefficient (Wildman–Crippen LogP) is 5.46. The molecule has 0 spiro atoms. The number of hydrogen-bond acceptors (Lipinski definition) is 4. The minimum atomic E-state index is -0.0726. The van der Waals surface area contributed by atoms with E-state index in [0.717, 1.165) is 24.4 Å². The van der Waals surface area contributed by atoms with Crippen molar-refractivity contribution in [3.63, 3.8) is 0 Å². The van der Waals surface area contributed by atoms with Crippen LogP contribution in [0.5, 0.6) is 0 Å². The van der Waals surface area contributed by atoms with E-state index in [-0.39, 0.29) is 16.2 Å². The van der Waals surface area contributed by atoms with Crippen LogP contribution in [0, 0.1) is 0 Å². The van der Waals surface area contributed by atoms with Crippen LogP contribution in [0.3, 0.4) is 0 Å². The van der Waals surface area contributed by atoms with Gasteiger partial charge in [-0.25, -0.2) is 9.97 Å². The van der Waals surface area contributed by atoms with E-state index in [1.807, 2.05) is 11.8 Å². The topological polar surface area (TPSA) is 38.9 Å². The first kappa shape index (κ1) is 17.2. The Hall–Kier alpha value is -1.16. The van der Waals surface area contributed by atoms with Crippen LogP contribution in [0.15, 0.2) is 21.6 Å². The Morgan fingerprint density at radius 3 is 2.09 bits per heavy atom. The van der Waals surface area contributed by atoms with Crippen molar-refractivity contribution < 1.29 is 4.42 Å². The minimum absolute atomic E-state index is 0.0255. The molecule has 2 heterocycles. The maximum Gasteiger partial charge on any atom is 0.199 e. The van der Waals surface area contributed by atoms with Crippen LogP contribution in [-0.4, -0.2) is 9.97 Å². The third kappa shape index (κ3) is 3.78. The molecule has 0 N–H and O–H groups in total. The number of aromatic nitrogens is 2. The molecule has 4 heteroatoms. The molecule has 3 nitrogen and oxygen atoms in total. The van der Waals surface area contributed by atoms with Crippen LogP contribution in [0.4, 0.5) is 0 Å². The van der Waals surface area contributed by atoms with Gasteiger partial charge in [-0.05, 0) is 12.8 Å². The average Bonchev–Trinajstić information content (AvgIpc) is 3.07. The van der Waals surface area contributed by atoms with Crippen molar-refractivity contribution in [1.82, 2.24) is 9.97 Å². The number of oxazole rings is 1. The summed E-state index contributed by atoms with van der Waals surface area (Å²) in [4.78, 5) is 9.21. The van der Waals surface area contributed by atoms with E-state index in [4.69, 9.17) is 9.40 Å². The number of hydrogen-bond donors (Lipinski definition) is 0. The van der Waals surface area contributed by atoms with E-state index < -0.39 is 0 Å². The molecule has 122 valence electrons. The van der Waals surface area contributed by atoms with E-state index in [9.17, 15) is 0 Å². The Bertz CT molecular complexity index is 603. The Balaban J connectivity index is 2.09. The smallest absolute Gasteiger partial charge is 0.199 e. The van der Waals surface area contributed by atoms with Crippen molar-refractivity contribution in [2.24, 2.45) is 0 Å². The lowest BCUT2D eigenvalue weighted by atomic mass is 9.77. The Morgan fingerprint density at radius 1 is 0.955 bits per heavy atom. The SMILES string of the molecule is CC(C)(C)c1coc(C(C)(C)CCC(C)(C)c2cscn2)n1. The third-order valence-electron chi connectivity index (χ3n) is 4.35. The predicted molar refractivity (Wildman–Crippen MR) is 92.6 cm³/mol. The lowest BCUT2D eigenvalue weighted by Crippen LogP contribution is -2.25. The van der Waals surface area contributed by atoms with Crippen LogP contribution in [0.2, 0.25) is 0 Å². The van der Waals surface area contributed by atoms with Gasteiger partial charge in [0.15, 0.2) is 5.89 Å². The molecule has 2 aromatic heterocycles. The van der Waals surface area contributed by atoms with E-state index in [0.29, 0.717) is 0 Å². The van der Waals surface area contributed by atoms with Gasteiger partial charge in [-0.3, -0.25) is 0 Å². The molecule has 2 aromatic rings. The minimum Gasteiger partial charge on any atom is -0.448 e. The van der Waals surface area contributed by atoms with Gasteiger partial charge in [0, 0.05) is 21.6 Å². The number of rotatable bonds is 5. The summed E-state index contributed by atoms with van der Waals surface area (Å²) in [5.41, 5.74) is 4.14. The zero-order chi connectivity index (χ0) is 16.6. The molecular formula is C18H28N2OS. The molecule has 0 unspecified atom stereocenters. The van der Waals surface area contributed by atoms with E-state index in [1.54, 1.807) is 11.3 Å². The van der Waals surface area contributed by atoms with Gasteiger partial charge in [-0.2, -0.15) is 0 Å². The normalized spacial score (nSPS) is 13.6. The first-order valence-electron chi connectivity index (χ1n) is 7.87. The maximum atomic E-state index is 5.79. The van der Waals surface area contributed by atoms with Crippen molar-refractivity contribution in [1.29, 1.82) is 0 Å². The van der Waals surface area contributed by atoms with Gasteiger partial charge in [-0.1, -0.05) is 48.5 Å². The van der Waals surface area contributed by atoms with Crippen molar-refractivity contribution in [3.05, 3.63) is 34.4 Å². The fourth-order valence-corrected chi connectivity index (χ4v) is 3.08. The quantitative estimate of drug-likeness (QED) is 0.734. The molecule has 0 atom stereocenters. The first-order chi connectivity index (χ1) is 10.0. The Morgan fingerprint density at radius 2 is 1.59 bits per heavy atom. The highest BCUT2D eigenvalue weighted by molar-refractivity contribution is 7.07. The maximum absolute atomic E-state index is 5.79. The summed E-state index contributed by atoms with van der Waals surface area (Å²) in [5, 5.41) is 2.15. The van der Waals surface area contributed by atoms with Crippen molar-refractivity contribution in [2.45, 2.75) is 77.6 Å². The zero-order valence-electron chi connectivity index (χ0n) is 14.9. The molecule has 0 aliphatic rings. The molecule has 0 aliphatic heterocycles. The largest absolute Gasteiger partial charge is 0.448 e. The molecular weight excluding hydrogens is 292 g/mol. The molecule has 22 heavy (non-hydrogen) atoms. The van der Waals surface area contributed by atoms with E-state index in [2.05, 4.69) is 58.8 Å².